The summed E-state index contributed by atoms with van der Waals surface area (Å²) in [6.07, 6.45) is 3.23. The van der Waals surface area contributed by atoms with E-state index in [-0.39, 0.29) is 0 Å². The Morgan fingerprint density at radius 2 is 2.20 bits per heavy atom. The smallest absolute Gasteiger partial charge is 0.128 e. The van der Waals surface area contributed by atoms with Gasteiger partial charge in [0, 0.05) is 31.9 Å². The maximum absolute atomic E-state index is 4.62. The lowest BCUT2D eigenvalue weighted by atomic mass is 10.2. The summed E-state index contributed by atoms with van der Waals surface area (Å²) in [6, 6.07) is 5.01. The number of likely N-dealkylation sites (N-methyl/N-ethyl adjacent to an activating group) is 1. The topological polar surface area (TPSA) is 31.4 Å². The highest BCUT2D eigenvalue weighted by molar-refractivity contribution is 5.41. The third-order valence-electron chi connectivity index (χ3n) is 3.91. The first-order chi connectivity index (χ1) is 9.56. The van der Waals surface area contributed by atoms with Crippen molar-refractivity contribution >= 4 is 5.82 Å². The van der Waals surface area contributed by atoms with Gasteiger partial charge in [0.2, 0.25) is 0 Å². The van der Waals surface area contributed by atoms with E-state index in [4.69, 9.17) is 0 Å². The molecule has 0 aromatic carbocycles. The van der Waals surface area contributed by atoms with E-state index >= 15 is 0 Å². The minimum absolute atomic E-state index is 0.657. The van der Waals surface area contributed by atoms with Crippen molar-refractivity contribution in [2.45, 2.75) is 32.9 Å². The van der Waals surface area contributed by atoms with Gasteiger partial charge in [0.05, 0.1) is 0 Å². The van der Waals surface area contributed by atoms with Crippen molar-refractivity contribution in [2.24, 2.45) is 5.92 Å². The van der Waals surface area contributed by atoms with Crippen LogP contribution in [0.2, 0.25) is 0 Å². The molecule has 0 saturated carbocycles. The molecule has 1 aliphatic heterocycles. The Balaban J connectivity index is 1.85. The van der Waals surface area contributed by atoms with Crippen molar-refractivity contribution < 1.29 is 0 Å². The standard InChI is InChI=1S/C16H28N4/c1-13(2)9-17-10-14-5-6-16(18-11-14)20-8-7-15(12-20)19(3)4/h5-6,11,13,15,17H,7-10,12H2,1-4H3. The molecule has 1 saturated heterocycles. The van der Waals surface area contributed by atoms with E-state index in [1.807, 2.05) is 6.20 Å². The van der Waals surface area contributed by atoms with Crippen LogP contribution in [0.15, 0.2) is 18.3 Å². The zero-order valence-corrected chi connectivity index (χ0v) is 13.3. The summed E-state index contributed by atoms with van der Waals surface area (Å²) in [5, 5.41) is 3.45. The molecule has 1 aliphatic rings. The van der Waals surface area contributed by atoms with Crippen LogP contribution in [0.5, 0.6) is 0 Å². The highest BCUT2D eigenvalue weighted by atomic mass is 15.3. The highest BCUT2D eigenvalue weighted by Gasteiger charge is 2.24. The number of rotatable bonds is 6. The lowest BCUT2D eigenvalue weighted by Crippen LogP contribution is -2.31. The van der Waals surface area contributed by atoms with Crippen LogP contribution in [0.25, 0.3) is 0 Å². The second-order valence-corrected chi connectivity index (χ2v) is 6.40. The third kappa shape index (κ3) is 4.18. The van der Waals surface area contributed by atoms with Crippen molar-refractivity contribution in [2.75, 3.05) is 38.6 Å². The molecular formula is C16H28N4. The molecule has 1 aromatic rings. The second-order valence-electron chi connectivity index (χ2n) is 6.40. The molecule has 0 bridgehead atoms. The molecule has 1 N–H and O–H groups in total. The normalized spacial score (nSPS) is 19.3. The minimum atomic E-state index is 0.657. The second kappa shape index (κ2) is 7.04. The summed E-state index contributed by atoms with van der Waals surface area (Å²) < 4.78 is 0. The lowest BCUT2D eigenvalue weighted by Gasteiger charge is -2.21. The maximum atomic E-state index is 4.62. The average molecular weight is 276 g/mol. The van der Waals surface area contributed by atoms with Gasteiger partial charge in [0.1, 0.15) is 5.82 Å². The number of nitrogens with one attached hydrogen (secondary N) is 1. The van der Waals surface area contributed by atoms with Gasteiger partial charge in [0.15, 0.2) is 0 Å². The molecule has 0 radical (unpaired) electrons. The first-order valence-corrected chi connectivity index (χ1v) is 7.63. The van der Waals surface area contributed by atoms with Gasteiger partial charge in [-0.25, -0.2) is 4.98 Å². The number of anilines is 1. The molecule has 112 valence electrons. The molecule has 2 heterocycles. The Morgan fingerprint density at radius 3 is 2.75 bits per heavy atom. The SMILES string of the molecule is CC(C)CNCc1ccc(N2CCC(N(C)C)C2)nc1. The molecule has 4 heteroatoms. The van der Waals surface area contributed by atoms with Crippen molar-refractivity contribution in [3.05, 3.63) is 23.9 Å². The van der Waals surface area contributed by atoms with Crippen LogP contribution in [-0.2, 0) is 6.54 Å². The summed E-state index contributed by atoms with van der Waals surface area (Å²) >= 11 is 0. The average Bonchev–Trinajstić information content (AvgIpc) is 2.89. The van der Waals surface area contributed by atoms with Crippen LogP contribution in [0, 0.1) is 5.92 Å². The van der Waals surface area contributed by atoms with Gasteiger partial charge in [0.25, 0.3) is 0 Å². The van der Waals surface area contributed by atoms with Gasteiger partial charge in [-0.3, -0.25) is 0 Å². The van der Waals surface area contributed by atoms with E-state index in [0.717, 1.165) is 32.0 Å². The van der Waals surface area contributed by atoms with Crippen molar-refractivity contribution in [3.63, 3.8) is 0 Å². The number of aromatic nitrogens is 1. The molecule has 1 fully saturated rings. The van der Waals surface area contributed by atoms with Crippen molar-refractivity contribution in [1.29, 1.82) is 0 Å². The Bertz CT molecular complexity index is 399. The quantitative estimate of drug-likeness (QED) is 0.861. The zero-order chi connectivity index (χ0) is 14.5. The predicted octanol–water partition coefficient (Wildman–Crippen LogP) is 1.97. The Hall–Kier alpha value is -1.13. The summed E-state index contributed by atoms with van der Waals surface area (Å²) in [7, 11) is 4.32. The van der Waals surface area contributed by atoms with Crippen LogP contribution < -0.4 is 10.2 Å². The molecule has 2 rings (SSSR count). The van der Waals surface area contributed by atoms with Crippen LogP contribution in [0.4, 0.5) is 5.82 Å². The Kier molecular flexibility index (Phi) is 5.38. The monoisotopic (exact) mass is 276 g/mol. The first kappa shape index (κ1) is 15.3. The van der Waals surface area contributed by atoms with E-state index in [1.165, 1.54) is 12.0 Å². The maximum Gasteiger partial charge on any atom is 0.128 e. The fraction of sp³-hybridized carbons (Fsp3) is 0.688. The number of hydrogen-bond acceptors (Lipinski definition) is 4. The Labute approximate surface area is 123 Å². The largest absolute Gasteiger partial charge is 0.355 e. The molecule has 4 nitrogen and oxygen atoms in total. The first-order valence-electron chi connectivity index (χ1n) is 7.63. The molecule has 20 heavy (non-hydrogen) atoms. The van der Waals surface area contributed by atoms with Crippen molar-refractivity contribution in [3.8, 4) is 0 Å². The van der Waals surface area contributed by atoms with Crippen LogP contribution in [0.3, 0.4) is 0 Å². The third-order valence-corrected chi connectivity index (χ3v) is 3.91. The van der Waals surface area contributed by atoms with E-state index in [0.29, 0.717) is 12.0 Å². The minimum Gasteiger partial charge on any atom is -0.355 e. The Morgan fingerprint density at radius 1 is 1.40 bits per heavy atom. The van der Waals surface area contributed by atoms with E-state index in [9.17, 15) is 0 Å². The molecule has 0 amide bonds. The van der Waals surface area contributed by atoms with E-state index in [2.05, 4.69) is 60.2 Å². The van der Waals surface area contributed by atoms with Gasteiger partial charge in [-0.2, -0.15) is 0 Å². The fourth-order valence-electron chi connectivity index (χ4n) is 2.58. The van der Waals surface area contributed by atoms with Gasteiger partial charge in [-0.15, -0.1) is 0 Å². The van der Waals surface area contributed by atoms with Gasteiger partial charge >= 0.3 is 0 Å². The zero-order valence-electron chi connectivity index (χ0n) is 13.3. The molecule has 0 aliphatic carbocycles. The van der Waals surface area contributed by atoms with E-state index in [1.54, 1.807) is 0 Å². The number of nitrogens with zero attached hydrogens (tertiary/aromatic N) is 3. The highest BCUT2D eigenvalue weighted by Crippen LogP contribution is 2.20. The predicted molar refractivity (Wildman–Crippen MR) is 85.1 cm³/mol. The van der Waals surface area contributed by atoms with Crippen molar-refractivity contribution in [1.82, 2.24) is 15.2 Å². The summed E-state index contributed by atoms with van der Waals surface area (Å²) in [4.78, 5) is 9.31. The number of pyridine rings is 1. The molecule has 1 unspecified atom stereocenters. The summed E-state index contributed by atoms with van der Waals surface area (Å²) in [5.74, 6) is 1.80. The van der Waals surface area contributed by atoms with Crippen LogP contribution in [-0.4, -0.2) is 49.7 Å². The number of hydrogen-bond donors (Lipinski definition) is 1. The molecule has 1 aromatic heterocycles. The van der Waals surface area contributed by atoms with Gasteiger partial charge in [-0.1, -0.05) is 19.9 Å². The fourth-order valence-corrected chi connectivity index (χ4v) is 2.58. The summed E-state index contributed by atoms with van der Waals surface area (Å²) in [6.45, 7) is 8.61. The lowest BCUT2D eigenvalue weighted by molar-refractivity contribution is 0.315. The molecule has 1 atom stereocenters. The summed E-state index contributed by atoms with van der Waals surface area (Å²) in [5.41, 5.74) is 1.26. The van der Waals surface area contributed by atoms with Gasteiger partial charge < -0.3 is 15.1 Å². The van der Waals surface area contributed by atoms with Crippen LogP contribution in [0.1, 0.15) is 25.8 Å². The van der Waals surface area contributed by atoms with E-state index < -0.39 is 0 Å². The van der Waals surface area contributed by atoms with Crippen LogP contribution >= 0.6 is 0 Å². The molecular weight excluding hydrogens is 248 g/mol. The molecule has 0 spiro atoms. The van der Waals surface area contributed by atoms with Gasteiger partial charge in [-0.05, 0) is 44.6 Å².